The number of nitrogens with two attached hydrogens (primary N) is 1. The zero-order valence-corrected chi connectivity index (χ0v) is 28.8. The molecule has 13 heteroatoms. The van der Waals surface area contributed by atoms with Crippen LogP contribution in [0.5, 0.6) is 0 Å². The lowest BCUT2D eigenvalue weighted by Gasteiger charge is -2.36. The van der Waals surface area contributed by atoms with Crippen molar-refractivity contribution in [1.82, 2.24) is 36.1 Å². The second-order valence-electron chi connectivity index (χ2n) is 14.0. The SMILES string of the molecule is Cc1ccc2[nH]ncc2c1-c1cccc(C[C@@H](C(N)=O)N(c2ccc(-c3nnn[nH]3)cc2)C(=O)[C@H]2CC[C@H](CNC(=O)OC(C)(C)C)CC2)c1. The number of tetrazole rings is 1. The van der Waals surface area contributed by atoms with Crippen molar-refractivity contribution in [3.05, 3.63) is 78.0 Å². The van der Waals surface area contributed by atoms with Crippen molar-refractivity contribution in [3.63, 3.8) is 0 Å². The first-order valence-corrected chi connectivity index (χ1v) is 16.9. The monoisotopic (exact) mass is 677 g/mol. The van der Waals surface area contributed by atoms with Gasteiger partial charge in [0.15, 0.2) is 5.82 Å². The van der Waals surface area contributed by atoms with Crippen molar-refractivity contribution < 1.29 is 19.1 Å². The summed E-state index contributed by atoms with van der Waals surface area (Å²) >= 11 is 0. The van der Waals surface area contributed by atoms with E-state index in [-0.39, 0.29) is 24.2 Å². The van der Waals surface area contributed by atoms with Gasteiger partial charge in [0.25, 0.3) is 0 Å². The highest BCUT2D eigenvalue weighted by Crippen LogP contribution is 2.35. The number of anilines is 1. The van der Waals surface area contributed by atoms with Gasteiger partial charge in [0, 0.05) is 35.5 Å². The minimum atomic E-state index is -0.951. The zero-order chi connectivity index (χ0) is 35.4. The number of aromatic amines is 2. The van der Waals surface area contributed by atoms with Gasteiger partial charge >= 0.3 is 6.09 Å². The van der Waals surface area contributed by atoms with Gasteiger partial charge in [0.05, 0.1) is 11.7 Å². The Kier molecular flexibility index (Phi) is 9.93. The van der Waals surface area contributed by atoms with E-state index in [1.54, 1.807) is 17.0 Å². The first kappa shape index (κ1) is 34.3. The Morgan fingerprint density at radius 1 is 1.00 bits per heavy atom. The van der Waals surface area contributed by atoms with Gasteiger partial charge in [0.1, 0.15) is 11.6 Å². The van der Waals surface area contributed by atoms with Gasteiger partial charge in [-0.25, -0.2) is 9.89 Å². The van der Waals surface area contributed by atoms with Gasteiger partial charge < -0.3 is 15.8 Å². The summed E-state index contributed by atoms with van der Waals surface area (Å²) < 4.78 is 5.38. The summed E-state index contributed by atoms with van der Waals surface area (Å²) in [5.41, 5.74) is 11.8. The highest BCUT2D eigenvalue weighted by atomic mass is 16.6. The fourth-order valence-corrected chi connectivity index (χ4v) is 6.78. The molecule has 0 saturated heterocycles. The summed E-state index contributed by atoms with van der Waals surface area (Å²) in [4.78, 5) is 41.6. The lowest BCUT2D eigenvalue weighted by Crippen LogP contribution is -2.52. The summed E-state index contributed by atoms with van der Waals surface area (Å²) in [6, 6.07) is 18.3. The number of H-pyrrole nitrogens is 2. The molecule has 1 aliphatic rings. The lowest BCUT2D eigenvalue weighted by atomic mass is 9.81. The summed E-state index contributed by atoms with van der Waals surface area (Å²) in [6.45, 7) is 8.01. The maximum Gasteiger partial charge on any atom is 0.407 e. The molecule has 5 N–H and O–H groups in total. The Labute approximate surface area is 290 Å². The van der Waals surface area contributed by atoms with Gasteiger partial charge in [-0.1, -0.05) is 30.3 Å². The number of hydrogen-bond acceptors (Lipinski definition) is 8. The Balaban J connectivity index is 1.26. The number of nitrogens with zero attached hydrogens (tertiary/aromatic N) is 5. The van der Waals surface area contributed by atoms with Crippen molar-refractivity contribution in [2.24, 2.45) is 17.6 Å². The number of nitrogens with one attached hydrogen (secondary N) is 3. The number of benzene rings is 3. The molecule has 0 unspecified atom stereocenters. The highest BCUT2D eigenvalue weighted by molar-refractivity contribution is 6.02. The molecular formula is C37H43N9O4. The van der Waals surface area contributed by atoms with E-state index in [1.165, 1.54) is 0 Å². The van der Waals surface area contributed by atoms with Crippen molar-refractivity contribution in [2.75, 3.05) is 11.4 Å². The number of aryl methyl sites for hydroxylation is 1. The largest absolute Gasteiger partial charge is 0.444 e. The average molecular weight is 678 g/mol. The van der Waals surface area contributed by atoms with E-state index in [2.05, 4.69) is 55.2 Å². The molecule has 1 aliphatic carbocycles. The number of aromatic nitrogens is 6. The molecule has 5 aromatic rings. The molecule has 1 saturated carbocycles. The molecule has 0 radical (unpaired) electrons. The predicted molar refractivity (Wildman–Crippen MR) is 190 cm³/mol. The predicted octanol–water partition coefficient (Wildman–Crippen LogP) is 5.48. The van der Waals surface area contributed by atoms with Crippen molar-refractivity contribution in [3.8, 4) is 22.5 Å². The second kappa shape index (κ2) is 14.5. The van der Waals surface area contributed by atoms with E-state index in [9.17, 15) is 14.4 Å². The van der Waals surface area contributed by atoms with Crippen LogP contribution in [-0.2, 0) is 20.7 Å². The van der Waals surface area contributed by atoms with Crippen LogP contribution in [0.3, 0.4) is 0 Å². The number of rotatable bonds is 10. The first-order chi connectivity index (χ1) is 24.0. The molecule has 2 heterocycles. The third kappa shape index (κ3) is 7.82. The van der Waals surface area contributed by atoms with Gasteiger partial charge in [-0.15, -0.1) is 5.10 Å². The molecule has 1 atom stereocenters. The lowest BCUT2D eigenvalue weighted by molar-refractivity contribution is -0.127. The van der Waals surface area contributed by atoms with Gasteiger partial charge in [-0.3, -0.25) is 19.6 Å². The Morgan fingerprint density at radius 3 is 2.44 bits per heavy atom. The quantitative estimate of drug-likeness (QED) is 0.150. The van der Waals surface area contributed by atoms with Gasteiger partial charge in [0.2, 0.25) is 11.8 Å². The van der Waals surface area contributed by atoms with Gasteiger partial charge in [-0.2, -0.15) is 5.10 Å². The summed E-state index contributed by atoms with van der Waals surface area (Å²) in [7, 11) is 0. The number of amides is 3. The maximum atomic E-state index is 14.5. The molecule has 0 bridgehead atoms. The van der Waals surface area contributed by atoms with E-state index in [0.717, 1.165) is 51.6 Å². The second-order valence-corrected chi connectivity index (χ2v) is 14.0. The molecule has 1 fully saturated rings. The number of carbonyl (C=O) groups excluding carboxylic acids is 3. The third-order valence-corrected chi connectivity index (χ3v) is 9.25. The van der Waals surface area contributed by atoms with E-state index in [4.69, 9.17) is 10.5 Å². The van der Waals surface area contributed by atoms with Crippen molar-refractivity contribution in [2.45, 2.75) is 71.4 Å². The van der Waals surface area contributed by atoms with Crippen molar-refractivity contribution in [1.29, 1.82) is 0 Å². The number of fused-ring (bicyclic) bond motifs is 1. The molecule has 2 aromatic heterocycles. The van der Waals surface area contributed by atoms with Crippen molar-refractivity contribution >= 4 is 34.5 Å². The van der Waals surface area contributed by atoms with Crippen LogP contribution < -0.4 is 16.0 Å². The minimum absolute atomic E-state index is 0.156. The average Bonchev–Trinajstić information content (AvgIpc) is 3.80. The highest BCUT2D eigenvalue weighted by Gasteiger charge is 2.36. The minimum Gasteiger partial charge on any atom is -0.444 e. The molecule has 0 aliphatic heterocycles. The molecule has 3 amide bonds. The number of primary amides is 1. The molecule has 0 spiro atoms. The molecule has 13 nitrogen and oxygen atoms in total. The van der Waals surface area contributed by atoms with Gasteiger partial charge in [-0.05, 0) is 122 Å². The number of hydrogen-bond donors (Lipinski definition) is 4. The number of carbonyl (C=O) groups is 3. The van der Waals surface area contributed by atoms with E-state index in [1.807, 2.05) is 63.4 Å². The van der Waals surface area contributed by atoms with Crippen LogP contribution in [0, 0.1) is 18.8 Å². The summed E-state index contributed by atoms with van der Waals surface area (Å²) in [5, 5.41) is 25.2. The summed E-state index contributed by atoms with van der Waals surface area (Å²) in [6.07, 6.45) is 4.32. The van der Waals surface area contributed by atoms with Crippen LogP contribution in [0.15, 0.2) is 66.9 Å². The Morgan fingerprint density at radius 2 is 1.76 bits per heavy atom. The van der Waals surface area contributed by atoms with Crippen LogP contribution in [0.2, 0.25) is 0 Å². The maximum absolute atomic E-state index is 14.5. The van der Waals surface area contributed by atoms with Crippen LogP contribution in [0.4, 0.5) is 10.5 Å². The third-order valence-electron chi connectivity index (χ3n) is 9.25. The van der Waals surface area contributed by atoms with Crippen LogP contribution in [-0.4, -0.2) is 66.9 Å². The number of ether oxygens (including phenoxy) is 1. The Bertz CT molecular complexity index is 1960. The zero-order valence-electron chi connectivity index (χ0n) is 28.8. The Hall–Kier alpha value is -5.59. The molecule has 50 heavy (non-hydrogen) atoms. The van der Waals surface area contributed by atoms with E-state index >= 15 is 0 Å². The fourth-order valence-electron chi connectivity index (χ4n) is 6.78. The molecule has 6 rings (SSSR count). The van der Waals surface area contributed by atoms with Crippen LogP contribution >= 0.6 is 0 Å². The topological polar surface area (TPSA) is 185 Å². The molecule has 3 aromatic carbocycles. The normalized spacial score (nSPS) is 16.9. The first-order valence-electron chi connectivity index (χ1n) is 16.9. The molecular weight excluding hydrogens is 634 g/mol. The molecule has 260 valence electrons. The smallest absolute Gasteiger partial charge is 0.407 e. The van der Waals surface area contributed by atoms with Crippen LogP contribution in [0.1, 0.15) is 57.6 Å². The summed E-state index contributed by atoms with van der Waals surface area (Å²) in [5.74, 6) is -0.376. The standard InChI is InChI=1S/C37H43N9O4/c1-22-8-17-30-29(21-40-41-30)32(22)27-7-5-6-24(18-27)19-31(33(38)47)46(28-15-13-25(14-16-28)34-42-44-45-43-34)35(48)26-11-9-23(10-12-26)20-39-36(49)50-37(2,3)4/h5-8,13-18,21,23,26,31H,9-12,19-20H2,1-4H3,(H2,38,47)(H,39,49)(H,40,41)(H,42,43,44,45)/t23-,26-,31-/m0/s1. The van der Waals surface area contributed by atoms with Crippen LogP contribution in [0.25, 0.3) is 33.4 Å². The number of alkyl carbamates (subject to hydrolysis) is 1. The van der Waals surface area contributed by atoms with E-state index < -0.39 is 23.6 Å². The fraction of sp³-hybridized carbons (Fsp3) is 0.378. The van der Waals surface area contributed by atoms with E-state index in [0.29, 0.717) is 30.9 Å².